The molecular weight excluding hydrogens is 406 g/mol. The Labute approximate surface area is 171 Å². The summed E-state index contributed by atoms with van der Waals surface area (Å²) < 4.78 is 31.1. The van der Waals surface area contributed by atoms with Crippen LogP contribution in [0.1, 0.15) is 20.3 Å². The van der Waals surface area contributed by atoms with E-state index in [9.17, 15) is 18.0 Å². The Kier molecular flexibility index (Phi) is 7.54. The highest BCUT2D eigenvalue weighted by Gasteiger charge is 2.36. The summed E-state index contributed by atoms with van der Waals surface area (Å²) in [6.45, 7) is 5.12. The van der Waals surface area contributed by atoms with Crippen LogP contribution in [0.3, 0.4) is 0 Å². The molecule has 1 aliphatic heterocycles. The fraction of sp³-hybridized carbons (Fsp3) is 0.556. The van der Waals surface area contributed by atoms with E-state index < -0.39 is 22.2 Å². The van der Waals surface area contributed by atoms with Crippen molar-refractivity contribution < 1.29 is 22.7 Å². The maximum Gasteiger partial charge on any atom is 0.409 e. The first-order valence-corrected chi connectivity index (χ1v) is 11.4. The number of hydrogen-bond donors (Lipinski definition) is 0. The first kappa shape index (κ1) is 22.3. The van der Waals surface area contributed by atoms with Gasteiger partial charge in [-0.15, -0.1) is 0 Å². The molecule has 1 aromatic rings. The van der Waals surface area contributed by atoms with Gasteiger partial charge in [0.1, 0.15) is 6.04 Å². The van der Waals surface area contributed by atoms with Crippen molar-refractivity contribution in [3.8, 4) is 0 Å². The van der Waals surface area contributed by atoms with Gasteiger partial charge in [0.15, 0.2) is 0 Å². The maximum atomic E-state index is 13.1. The SMILES string of the molecule is CCOC(=O)N1CCN(C(=O)[C@H](CC)N(c2cccc(Cl)c2)S(C)(=O)=O)CC1. The molecule has 1 fully saturated rings. The van der Waals surface area contributed by atoms with Crippen molar-refractivity contribution in [2.24, 2.45) is 0 Å². The van der Waals surface area contributed by atoms with Crippen LogP contribution in [0.4, 0.5) is 10.5 Å². The van der Waals surface area contributed by atoms with Crippen LogP contribution in [-0.2, 0) is 19.6 Å². The summed E-state index contributed by atoms with van der Waals surface area (Å²) in [5, 5.41) is 0.386. The number of halogens is 1. The molecule has 2 rings (SSSR count). The van der Waals surface area contributed by atoms with Gasteiger partial charge in [0, 0.05) is 31.2 Å². The molecule has 0 unspecified atom stereocenters. The molecule has 28 heavy (non-hydrogen) atoms. The number of amides is 2. The van der Waals surface area contributed by atoms with Gasteiger partial charge < -0.3 is 14.5 Å². The van der Waals surface area contributed by atoms with Gasteiger partial charge in [0.05, 0.1) is 18.6 Å². The standard InChI is InChI=1S/C18H26ClN3O5S/c1-4-16(22(28(3,25)26)15-8-6-7-14(19)13-15)17(23)20-9-11-21(12-10-20)18(24)27-5-2/h6-8,13,16H,4-5,9-12H2,1-3H3/t16-/m0/s1. The minimum absolute atomic E-state index is 0.291. The van der Waals surface area contributed by atoms with E-state index in [-0.39, 0.29) is 5.91 Å². The van der Waals surface area contributed by atoms with Gasteiger partial charge in [-0.1, -0.05) is 24.6 Å². The van der Waals surface area contributed by atoms with Crippen molar-refractivity contribution in [3.05, 3.63) is 29.3 Å². The highest BCUT2D eigenvalue weighted by Crippen LogP contribution is 2.26. The van der Waals surface area contributed by atoms with Crippen molar-refractivity contribution in [3.63, 3.8) is 0 Å². The molecule has 156 valence electrons. The summed E-state index contributed by atoms with van der Waals surface area (Å²) in [5.74, 6) is -0.295. The highest BCUT2D eigenvalue weighted by atomic mass is 35.5. The third-order valence-electron chi connectivity index (χ3n) is 4.49. The Morgan fingerprint density at radius 2 is 1.79 bits per heavy atom. The second kappa shape index (κ2) is 9.47. The molecule has 2 amide bonds. The molecule has 1 atom stereocenters. The number of hydrogen-bond acceptors (Lipinski definition) is 5. The van der Waals surface area contributed by atoms with Crippen molar-refractivity contribution in [1.82, 2.24) is 9.80 Å². The zero-order chi connectivity index (χ0) is 20.9. The van der Waals surface area contributed by atoms with Crippen molar-refractivity contribution in [2.45, 2.75) is 26.3 Å². The average Bonchev–Trinajstić information content (AvgIpc) is 2.64. The molecule has 1 aliphatic rings. The van der Waals surface area contributed by atoms with Crippen molar-refractivity contribution in [2.75, 3.05) is 43.3 Å². The molecule has 1 saturated heterocycles. The van der Waals surface area contributed by atoms with E-state index >= 15 is 0 Å². The molecule has 0 N–H and O–H groups in total. The van der Waals surface area contributed by atoms with Gasteiger partial charge in [-0.25, -0.2) is 13.2 Å². The Morgan fingerprint density at radius 1 is 1.18 bits per heavy atom. The lowest BCUT2D eigenvalue weighted by atomic mass is 10.1. The van der Waals surface area contributed by atoms with Crippen LogP contribution >= 0.6 is 11.6 Å². The van der Waals surface area contributed by atoms with E-state index in [0.717, 1.165) is 10.6 Å². The Balaban J connectivity index is 2.20. The van der Waals surface area contributed by atoms with Crippen LogP contribution < -0.4 is 4.31 Å². The zero-order valence-corrected chi connectivity index (χ0v) is 17.9. The molecule has 0 saturated carbocycles. The number of sulfonamides is 1. The van der Waals surface area contributed by atoms with Crippen LogP contribution in [0, 0.1) is 0 Å². The molecule has 0 aliphatic carbocycles. The normalized spacial score (nSPS) is 15.9. The fourth-order valence-corrected chi connectivity index (χ4v) is 4.57. The Morgan fingerprint density at radius 3 is 2.29 bits per heavy atom. The van der Waals surface area contributed by atoms with Gasteiger partial charge in [0.25, 0.3) is 0 Å². The van der Waals surface area contributed by atoms with Gasteiger partial charge >= 0.3 is 6.09 Å². The second-order valence-corrected chi connectivity index (χ2v) is 8.77. The lowest BCUT2D eigenvalue weighted by Gasteiger charge is -2.38. The smallest absolute Gasteiger partial charge is 0.409 e. The number of anilines is 1. The van der Waals surface area contributed by atoms with E-state index in [4.69, 9.17) is 16.3 Å². The number of rotatable bonds is 6. The zero-order valence-electron chi connectivity index (χ0n) is 16.3. The third kappa shape index (κ3) is 5.29. The van der Waals surface area contributed by atoms with Crippen molar-refractivity contribution >= 4 is 39.3 Å². The van der Waals surface area contributed by atoms with E-state index in [1.165, 1.54) is 6.07 Å². The van der Waals surface area contributed by atoms with E-state index in [1.54, 1.807) is 41.8 Å². The van der Waals surface area contributed by atoms with Gasteiger partial charge in [-0.2, -0.15) is 0 Å². The molecule has 8 nitrogen and oxygen atoms in total. The van der Waals surface area contributed by atoms with Crippen LogP contribution in [-0.4, -0.2) is 75.3 Å². The average molecular weight is 432 g/mol. The number of carbonyl (C=O) groups is 2. The number of piperazine rings is 1. The van der Waals surface area contributed by atoms with Gasteiger partial charge in [0.2, 0.25) is 15.9 Å². The van der Waals surface area contributed by atoms with Crippen LogP contribution in [0.15, 0.2) is 24.3 Å². The molecule has 10 heteroatoms. The fourth-order valence-electron chi connectivity index (χ4n) is 3.19. The molecular formula is C18H26ClN3O5S. The monoisotopic (exact) mass is 431 g/mol. The summed E-state index contributed by atoms with van der Waals surface area (Å²) in [7, 11) is -3.72. The van der Waals surface area contributed by atoms with Crippen LogP contribution in [0.5, 0.6) is 0 Å². The minimum Gasteiger partial charge on any atom is -0.450 e. The second-order valence-electron chi connectivity index (χ2n) is 6.47. The molecule has 0 aromatic heterocycles. The number of benzene rings is 1. The summed E-state index contributed by atoms with van der Waals surface area (Å²) >= 11 is 6.02. The van der Waals surface area contributed by atoms with E-state index in [0.29, 0.717) is 49.9 Å². The summed E-state index contributed by atoms with van der Waals surface area (Å²) in [4.78, 5) is 28.1. The molecule has 0 bridgehead atoms. The highest BCUT2D eigenvalue weighted by molar-refractivity contribution is 7.92. The van der Waals surface area contributed by atoms with Gasteiger partial charge in [-0.05, 0) is 31.5 Å². The largest absolute Gasteiger partial charge is 0.450 e. The summed E-state index contributed by atoms with van der Waals surface area (Å²) in [5.41, 5.74) is 0.348. The summed E-state index contributed by atoms with van der Waals surface area (Å²) in [6.07, 6.45) is 0.970. The quantitative estimate of drug-likeness (QED) is 0.689. The predicted molar refractivity (Wildman–Crippen MR) is 108 cm³/mol. The lowest BCUT2D eigenvalue weighted by Crippen LogP contribution is -2.56. The van der Waals surface area contributed by atoms with Crippen molar-refractivity contribution in [1.29, 1.82) is 0 Å². The summed E-state index contributed by atoms with van der Waals surface area (Å²) in [6, 6.07) is 5.54. The number of nitrogens with zero attached hydrogens (tertiary/aromatic N) is 3. The van der Waals surface area contributed by atoms with Crippen LogP contribution in [0.2, 0.25) is 5.02 Å². The van der Waals surface area contributed by atoms with E-state index in [1.807, 2.05) is 0 Å². The minimum atomic E-state index is -3.72. The first-order chi connectivity index (χ1) is 13.2. The lowest BCUT2D eigenvalue weighted by molar-refractivity contribution is -0.134. The Hall–Kier alpha value is -2.00. The Bertz CT molecular complexity index is 809. The number of ether oxygens (including phenoxy) is 1. The van der Waals surface area contributed by atoms with Gasteiger partial charge in [-0.3, -0.25) is 9.10 Å². The topological polar surface area (TPSA) is 87.2 Å². The molecule has 0 spiro atoms. The number of carbonyl (C=O) groups excluding carboxylic acids is 2. The van der Waals surface area contributed by atoms with E-state index in [2.05, 4.69) is 0 Å². The molecule has 0 radical (unpaired) electrons. The molecule has 1 aromatic carbocycles. The predicted octanol–water partition coefficient (Wildman–Crippen LogP) is 2.19. The molecule has 1 heterocycles. The maximum absolute atomic E-state index is 13.1. The van der Waals surface area contributed by atoms with Crippen LogP contribution in [0.25, 0.3) is 0 Å². The third-order valence-corrected chi connectivity index (χ3v) is 5.91. The first-order valence-electron chi connectivity index (χ1n) is 9.14.